The van der Waals surface area contributed by atoms with E-state index in [4.69, 9.17) is 0 Å². The van der Waals surface area contributed by atoms with E-state index in [0.717, 1.165) is 31.2 Å². The van der Waals surface area contributed by atoms with Crippen LogP contribution in [0.5, 0.6) is 0 Å². The van der Waals surface area contributed by atoms with Gasteiger partial charge in [0.2, 0.25) is 5.91 Å². The lowest BCUT2D eigenvalue weighted by Crippen LogP contribution is -2.38. The third-order valence-electron chi connectivity index (χ3n) is 2.77. The molecule has 2 rings (SSSR count). The number of carbonyl (C=O) groups excluding carboxylic acids is 1. The summed E-state index contributed by atoms with van der Waals surface area (Å²) in [7, 11) is 0. The average molecular weight is 273 g/mol. The van der Waals surface area contributed by atoms with Gasteiger partial charge in [-0.1, -0.05) is 0 Å². The van der Waals surface area contributed by atoms with Crippen molar-refractivity contribution in [1.82, 2.24) is 10.3 Å². The lowest BCUT2D eigenvalue weighted by atomic mass is 10.2. The Balaban J connectivity index is 1.99. The number of nitrogens with one attached hydrogen (secondary N) is 2. The summed E-state index contributed by atoms with van der Waals surface area (Å²) < 4.78 is 37.5. The SMILES string of the molecule is CC(Nc1cc(C(F)(F)F)ccn1)C(=O)NC1CC1. The maximum absolute atomic E-state index is 12.5. The predicted molar refractivity (Wildman–Crippen MR) is 63.5 cm³/mol. The Bertz CT molecular complexity index is 472. The van der Waals surface area contributed by atoms with Gasteiger partial charge in [-0.25, -0.2) is 4.98 Å². The number of amides is 1. The number of carbonyl (C=O) groups is 1. The Morgan fingerprint density at radius 2 is 2.16 bits per heavy atom. The van der Waals surface area contributed by atoms with Crippen molar-refractivity contribution in [3.05, 3.63) is 23.9 Å². The molecule has 1 aliphatic carbocycles. The number of halogens is 3. The maximum atomic E-state index is 12.5. The van der Waals surface area contributed by atoms with Gasteiger partial charge in [-0.3, -0.25) is 4.79 Å². The van der Waals surface area contributed by atoms with E-state index < -0.39 is 17.8 Å². The van der Waals surface area contributed by atoms with Gasteiger partial charge in [0.1, 0.15) is 11.9 Å². The van der Waals surface area contributed by atoms with Gasteiger partial charge in [-0.2, -0.15) is 13.2 Å². The van der Waals surface area contributed by atoms with E-state index in [-0.39, 0.29) is 17.8 Å². The Kier molecular flexibility index (Phi) is 3.64. The summed E-state index contributed by atoms with van der Waals surface area (Å²) in [6.07, 6.45) is -1.43. The molecule has 19 heavy (non-hydrogen) atoms. The molecule has 1 aliphatic rings. The van der Waals surface area contributed by atoms with Crippen LogP contribution >= 0.6 is 0 Å². The maximum Gasteiger partial charge on any atom is 0.416 e. The van der Waals surface area contributed by atoms with E-state index >= 15 is 0 Å². The molecule has 1 atom stereocenters. The van der Waals surface area contributed by atoms with Crippen molar-refractivity contribution in [2.75, 3.05) is 5.32 Å². The number of nitrogens with zero attached hydrogens (tertiary/aromatic N) is 1. The highest BCUT2D eigenvalue weighted by Gasteiger charge is 2.31. The lowest BCUT2D eigenvalue weighted by molar-refractivity contribution is -0.137. The van der Waals surface area contributed by atoms with E-state index in [2.05, 4.69) is 15.6 Å². The second kappa shape index (κ2) is 5.07. The average Bonchev–Trinajstić information content (AvgIpc) is 3.12. The lowest BCUT2D eigenvalue weighted by Gasteiger charge is -2.15. The van der Waals surface area contributed by atoms with Crippen molar-refractivity contribution in [2.45, 2.75) is 38.0 Å². The van der Waals surface area contributed by atoms with Crippen LogP contribution in [-0.2, 0) is 11.0 Å². The summed E-state index contributed by atoms with van der Waals surface area (Å²) >= 11 is 0. The largest absolute Gasteiger partial charge is 0.416 e. The zero-order valence-electron chi connectivity index (χ0n) is 10.3. The van der Waals surface area contributed by atoms with Gasteiger partial charge in [-0.05, 0) is 31.9 Å². The first-order valence-electron chi connectivity index (χ1n) is 5.96. The van der Waals surface area contributed by atoms with Gasteiger partial charge in [0.15, 0.2) is 0 Å². The van der Waals surface area contributed by atoms with Gasteiger partial charge < -0.3 is 10.6 Å². The molecular formula is C12H14F3N3O. The van der Waals surface area contributed by atoms with Crippen molar-refractivity contribution >= 4 is 11.7 Å². The van der Waals surface area contributed by atoms with Gasteiger partial charge in [0.25, 0.3) is 0 Å². The highest BCUT2D eigenvalue weighted by Crippen LogP contribution is 2.30. The van der Waals surface area contributed by atoms with Crippen LogP contribution in [0.25, 0.3) is 0 Å². The molecule has 2 N–H and O–H groups in total. The molecule has 0 spiro atoms. The molecule has 1 saturated carbocycles. The number of aromatic nitrogens is 1. The zero-order chi connectivity index (χ0) is 14.0. The molecule has 1 heterocycles. The molecule has 0 radical (unpaired) electrons. The highest BCUT2D eigenvalue weighted by atomic mass is 19.4. The Hall–Kier alpha value is -1.79. The summed E-state index contributed by atoms with van der Waals surface area (Å²) in [4.78, 5) is 15.4. The molecule has 1 amide bonds. The molecule has 104 valence electrons. The van der Waals surface area contributed by atoms with Gasteiger partial charge in [0.05, 0.1) is 5.56 Å². The first kappa shape index (κ1) is 13.6. The Labute approximate surface area is 108 Å². The van der Waals surface area contributed by atoms with Crippen LogP contribution in [0.1, 0.15) is 25.3 Å². The zero-order valence-corrected chi connectivity index (χ0v) is 10.3. The van der Waals surface area contributed by atoms with Crippen LogP contribution in [0.2, 0.25) is 0 Å². The van der Waals surface area contributed by atoms with Crippen LogP contribution in [0.3, 0.4) is 0 Å². The van der Waals surface area contributed by atoms with Crippen LogP contribution in [-0.4, -0.2) is 23.0 Å². The smallest absolute Gasteiger partial charge is 0.359 e. The molecule has 1 aromatic rings. The normalized spacial score (nSPS) is 16.8. The minimum Gasteiger partial charge on any atom is -0.359 e. The number of hydrogen-bond acceptors (Lipinski definition) is 3. The van der Waals surface area contributed by atoms with Crippen LogP contribution in [0.4, 0.5) is 19.0 Å². The number of pyridine rings is 1. The van der Waals surface area contributed by atoms with Crippen LogP contribution in [0, 0.1) is 0 Å². The first-order chi connectivity index (χ1) is 8.86. The van der Waals surface area contributed by atoms with E-state index in [0.29, 0.717) is 0 Å². The van der Waals surface area contributed by atoms with Crippen molar-refractivity contribution in [3.8, 4) is 0 Å². The predicted octanol–water partition coefficient (Wildman–Crippen LogP) is 2.18. The molecule has 0 bridgehead atoms. The monoisotopic (exact) mass is 273 g/mol. The van der Waals surface area contributed by atoms with Crippen LogP contribution < -0.4 is 10.6 Å². The van der Waals surface area contributed by atoms with Gasteiger partial charge >= 0.3 is 6.18 Å². The molecule has 0 saturated heterocycles. The Morgan fingerprint density at radius 1 is 1.47 bits per heavy atom. The van der Waals surface area contributed by atoms with Crippen LogP contribution in [0.15, 0.2) is 18.3 Å². The fraction of sp³-hybridized carbons (Fsp3) is 0.500. The van der Waals surface area contributed by atoms with Crippen molar-refractivity contribution < 1.29 is 18.0 Å². The summed E-state index contributed by atoms with van der Waals surface area (Å²) in [6, 6.07) is 1.36. The van der Waals surface area contributed by atoms with Crippen molar-refractivity contribution in [1.29, 1.82) is 0 Å². The molecule has 4 nitrogen and oxygen atoms in total. The molecule has 1 aromatic heterocycles. The summed E-state index contributed by atoms with van der Waals surface area (Å²) in [5, 5.41) is 5.43. The molecular weight excluding hydrogens is 259 g/mol. The standard InChI is InChI=1S/C12H14F3N3O/c1-7(11(19)18-9-2-3-9)17-10-6-8(4-5-16-10)12(13,14)15/h4-7,9H,2-3H2,1H3,(H,16,17)(H,18,19). The summed E-state index contributed by atoms with van der Waals surface area (Å²) in [5.41, 5.74) is -0.792. The van der Waals surface area contributed by atoms with E-state index in [1.54, 1.807) is 6.92 Å². The fourth-order valence-corrected chi connectivity index (χ4v) is 1.53. The summed E-state index contributed by atoms with van der Waals surface area (Å²) in [6.45, 7) is 1.58. The minimum absolute atomic E-state index is 0.0354. The van der Waals surface area contributed by atoms with E-state index in [1.807, 2.05) is 0 Å². The number of anilines is 1. The summed E-state index contributed by atoms with van der Waals surface area (Å²) in [5.74, 6) is -0.199. The van der Waals surface area contributed by atoms with Gasteiger partial charge in [-0.15, -0.1) is 0 Å². The number of alkyl halides is 3. The third-order valence-corrected chi connectivity index (χ3v) is 2.77. The first-order valence-corrected chi connectivity index (χ1v) is 5.96. The second-order valence-electron chi connectivity index (χ2n) is 4.58. The highest BCUT2D eigenvalue weighted by molar-refractivity contribution is 5.84. The molecule has 7 heteroatoms. The molecule has 0 aromatic carbocycles. The molecule has 1 unspecified atom stereocenters. The quantitative estimate of drug-likeness (QED) is 0.884. The van der Waals surface area contributed by atoms with E-state index in [9.17, 15) is 18.0 Å². The number of rotatable bonds is 4. The number of hydrogen-bond donors (Lipinski definition) is 2. The fourth-order valence-electron chi connectivity index (χ4n) is 1.53. The molecule has 0 aliphatic heterocycles. The molecule has 1 fully saturated rings. The minimum atomic E-state index is -4.42. The van der Waals surface area contributed by atoms with E-state index in [1.165, 1.54) is 0 Å². The third kappa shape index (κ3) is 3.84. The topological polar surface area (TPSA) is 54.0 Å². The Morgan fingerprint density at radius 3 is 2.74 bits per heavy atom. The van der Waals surface area contributed by atoms with Crippen molar-refractivity contribution in [3.63, 3.8) is 0 Å². The van der Waals surface area contributed by atoms with Crippen molar-refractivity contribution in [2.24, 2.45) is 0 Å². The van der Waals surface area contributed by atoms with Gasteiger partial charge in [0, 0.05) is 12.2 Å². The second-order valence-corrected chi connectivity index (χ2v) is 4.58.